The van der Waals surface area contributed by atoms with Crippen LogP contribution in [0.15, 0.2) is 54.2 Å². The molecule has 0 radical (unpaired) electrons. The molecule has 0 aliphatic rings. The van der Waals surface area contributed by atoms with Crippen molar-refractivity contribution < 1.29 is 9.53 Å². The zero-order valence-electron chi connectivity index (χ0n) is 13.9. The van der Waals surface area contributed by atoms with Crippen molar-refractivity contribution in [1.82, 2.24) is 0 Å². The van der Waals surface area contributed by atoms with Crippen LogP contribution in [0.5, 0.6) is 5.75 Å². The number of rotatable bonds is 5. The molecule has 0 aromatic heterocycles. The van der Waals surface area contributed by atoms with E-state index in [4.69, 9.17) is 4.74 Å². The maximum atomic E-state index is 12.2. The first kappa shape index (κ1) is 17.1. The molecule has 2 aromatic rings. The summed E-state index contributed by atoms with van der Waals surface area (Å²) in [5.41, 5.74) is 3.62. The number of hydrogen-bond acceptors (Lipinski definition) is 4. The molecule has 5 heteroatoms. The summed E-state index contributed by atoms with van der Waals surface area (Å²) >= 11 is 0. The van der Waals surface area contributed by atoms with Gasteiger partial charge in [-0.05, 0) is 61.4 Å². The zero-order chi connectivity index (χ0) is 17.5. The Morgan fingerprint density at radius 3 is 2.25 bits per heavy atom. The lowest BCUT2D eigenvalue weighted by Crippen LogP contribution is -2.14. The number of benzene rings is 2. The van der Waals surface area contributed by atoms with Crippen LogP contribution >= 0.6 is 0 Å². The predicted molar refractivity (Wildman–Crippen MR) is 94.9 cm³/mol. The van der Waals surface area contributed by atoms with Crippen LogP contribution in [0.1, 0.15) is 11.1 Å². The molecular weight excluding hydrogens is 302 g/mol. The molecule has 122 valence electrons. The third kappa shape index (κ3) is 4.62. The third-order valence-corrected chi connectivity index (χ3v) is 3.32. The smallest absolute Gasteiger partial charge is 0.267 e. The van der Waals surface area contributed by atoms with Gasteiger partial charge in [-0.15, -0.1) is 0 Å². The standard InChI is InChI=1S/C19H19N3O2/c1-13-8-14(2)10-17(9-13)21-12-15(11-20)19(23)22-16-4-6-18(24-3)7-5-16/h4-10,12,21H,1-3H3,(H,22,23)/b15-12-. The van der Waals surface area contributed by atoms with E-state index in [1.165, 1.54) is 6.20 Å². The molecule has 0 fully saturated rings. The van der Waals surface area contributed by atoms with Crippen LogP contribution in [0.3, 0.4) is 0 Å². The van der Waals surface area contributed by atoms with E-state index in [2.05, 4.69) is 16.7 Å². The van der Waals surface area contributed by atoms with Gasteiger partial charge >= 0.3 is 0 Å². The highest BCUT2D eigenvalue weighted by Gasteiger charge is 2.09. The van der Waals surface area contributed by atoms with Gasteiger partial charge in [-0.2, -0.15) is 5.26 Å². The minimum absolute atomic E-state index is 0.00928. The fourth-order valence-electron chi connectivity index (χ4n) is 2.23. The maximum Gasteiger partial charge on any atom is 0.267 e. The highest BCUT2D eigenvalue weighted by Crippen LogP contribution is 2.16. The van der Waals surface area contributed by atoms with Crippen molar-refractivity contribution in [1.29, 1.82) is 5.26 Å². The molecule has 2 rings (SSSR count). The van der Waals surface area contributed by atoms with Crippen LogP contribution in [-0.2, 0) is 4.79 Å². The van der Waals surface area contributed by atoms with Crippen molar-refractivity contribution in [3.8, 4) is 11.8 Å². The number of nitriles is 1. The van der Waals surface area contributed by atoms with E-state index in [1.54, 1.807) is 31.4 Å². The van der Waals surface area contributed by atoms with E-state index in [0.717, 1.165) is 16.8 Å². The number of nitrogens with one attached hydrogen (secondary N) is 2. The first-order valence-electron chi connectivity index (χ1n) is 7.42. The Morgan fingerprint density at radius 2 is 1.71 bits per heavy atom. The van der Waals surface area contributed by atoms with E-state index < -0.39 is 5.91 Å². The molecule has 1 amide bonds. The lowest BCUT2D eigenvalue weighted by Gasteiger charge is -2.07. The molecule has 0 unspecified atom stereocenters. The van der Waals surface area contributed by atoms with E-state index in [1.807, 2.05) is 32.0 Å². The predicted octanol–water partition coefficient (Wildman–Crippen LogP) is 3.77. The van der Waals surface area contributed by atoms with E-state index in [-0.39, 0.29) is 5.57 Å². The fourth-order valence-corrected chi connectivity index (χ4v) is 2.23. The van der Waals surface area contributed by atoms with Crippen LogP contribution in [0, 0.1) is 25.2 Å². The summed E-state index contributed by atoms with van der Waals surface area (Å²) in [6.45, 7) is 3.98. The van der Waals surface area contributed by atoms with Crippen LogP contribution in [0.2, 0.25) is 0 Å². The van der Waals surface area contributed by atoms with Crippen molar-refractivity contribution in [2.75, 3.05) is 17.7 Å². The number of carbonyl (C=O) groups is 1. The Labute approximate surface area is 141 Å². The zero-order valence-corrected chi connectivity index (χ0v) is 13.9. The van der Waals surface area contributed by atoms with E-state index >= 15 is 0 Å². The summed E-state index contributed by atoms with van der Waals surface area (Å²) in [5.74, 6) is 0.222. The molecule has 0 aliphatic heterocycles. The van der Waals surface area contributed by atoms with Crippen molar-refractivity contribution in [3.63, 3.8) is 0 Å². The Balaban J connectivity index is 2.08. The molecule has 0 saturated carbocycles. The minimum Gasteiger partial charge on any atom is -0.497 e. The molecule has 2 aromatic carbocycles. The van der Waals surface area contributed by atoms with Crippen molar-refractivity contribution in [3.05, 3.63) is 65.4 Å². The molecule has 0 heterocycles. The summed E-state index contributed by atoms with van der Waals surface area (Å²) in [4.78, 5) is 12.2. The van der Waals surface area contributed by atoms with Gasteiger partial charge in [-0.3, -0.25) is 4.79 Å². The van der Waals surface area contributed by atoms with E-state index in [9.17, 15) is 10.1 Å². The Bertz CT molecular complexity index is 782. The van der Waals surface area contributed by atoms with Crippen molar-refractivity contribution >= 4 is 17.3 Å². The summed E-state index contributed by atoms with van der Waals surface area (Å²) in [7, 11) is 1.57. The Kier molecular flexibility index (Phi) is 5.58. The second-order valence-corrected chi connectivity index (χ2v) is 5.37. The number of amides is 1. The molecule has 5 nitrogen and oxygen atoms in total. The molecule has 0 bridgehead atoms. The molecule has 2 N–H and O–H groups in total. The number of methoxy groups -OCH3 is 1. The first-order chi connectivity index (χ1) is 11.5. The monoisotopic (exact) mass is 321 g/mol. The van der Waals surface area contributed by atoms with Gasteiger partial charge in [0.1, 0.15) is 17.4 Å². The first-order valence-corrected chi connectivity index (χ1v) is 7.42. The summed E-state index contributed by atoms with van der Waals surface area (Å²) in [6, 6.07) is 14.7. The lowest BCUT2D eigenvalue weighted by molar-refractivity contribution is -0.112. The van der Waals surface area contributed by atoms with Crippen LogP contribution in [-0.4, -0.2) is 13.0 Å². The molecule has 0 saturated heterocycles. The quantitative estimate of drug-likeness (QED) is 0.649. The second-order valence-electron chi connectivity index (χ2n) is 5.37. The highest BCUT2D eigenvalue weighted by atomic mass is 16.5. The number of aryl methyl sites for hydroxylation is 2. The van der Waals surface area contributed by atoms with Gasteiger partial charge in [0.15, 0.2) is 0 Å². The normalized spacial score (nSPS) is 10.7. The fraction of sp³-hybridized carbons (Fsp3) is 0.158. The van der Waals surface area contributed by atoms with Gasteiger partial charge in [0.2, 0.25) is 0 Å². The average Bonchev–Trinajstić information content (AvgIpc) is 2.55. The highest BCUT2D eigenvalue weighted by molar-refractivity contribution is 6.06. The Hall–Kier alpha value is -3.26. The van der Waals surface area contributed by atoms with Gasteiger partial charge in [-0.25, -0.2) is 0 Å². The van der Waals surface area contributed by atoms with Gasteiger partial charge < -0.3 is 15.4 Å². The summed E-state index contributed by atoms with van der Waals surface area (Å²) < 4.78 is 5.06. The van der Waals surface area contributed by atoms with Gasteiger partial charge in [-0.1, -0.05) is 6.07 Å². The van der Waals surface area contributed by atoms with Gasteiger partial charge in [0.25, 0.3) is 5.91 Å². The number of anilines is 2. The number of ether oxygens (including phenoxy) is 1. The van der Waals surface area contributed by atoms with Crippen molar-refractivity contribution in [2.45, 2.75) is 13.8 Å². The summed E-state index contributed by atoms with van der Waals surface area (Å²) in [6.07, 6.45) is 1.41. The molecule has 0 aliphatic carbocycles. The largest absolute Gasteiger partial charge is 0.497 e. The maximum absolute atomic E-state index is 12.2. The Morgan fingerprint density at radius 1 is 1.08 bits per heavy atom. The van der Waals surface area contributed by atoms with Crippen molar-refractivity contribution in [2.24, 2.45) is 0 Å². The topological polar surface area (TPSA) is 74.1 Å². The number of hydrogen-bond donors (Lipinski definition) is 2. The second kappa shape index (κ2) is 7.84. The van der Waals surface area contributed by atoms with Gasteiger partial charge in [0.05, 0.1) is 7.11 Å². The minimum atomic E-state index is -0.473. The van der Waals surface area contributed by atoms with Crippen LogP contribution < -0.4 is 15.4 Å². The molecule has 0 spiro atoms. The average molecular weight is 321 g/mol. The van der Waals surface area contributed by atoms with Gasteiger partial charge in [0, 0.05) is 17.6 Å². The summed E-state index contributed by atoms with van der Waals surface area (Å²) in [5, 5.41) is 14.9. The molecule has 24 heavy (non-hydrogen) atoms. The number of carbonyl (C=O) groups excluding carboxylic acids is 1. The van der Waals surface area contributed by atoms with E-state index in [0.29, 0.717) is 11.4 Å². The van der Waals surface area contributed by atoms with Crippen LogP contribution in [0.25, 0.3) is 0 Å². The SMILES string of the molecule is COc1ccc(NC(=O)/C(C#N)=C\Nc2cc(C)cc(C)c2)cc1. The third-order valence-electron chi connectivity index (χ3n) is 3.32. The molecule has 0 atom stereocenters. The lowest BCUT2D eigenvalue weighted by atomic mass is 10.1. The molecular formula is C19H19N3O2. The van der Waals surface area contributed by atoms with Crippen LogP contribution in [0.4, 0.5) is 11.4 Å². The number of nitrogens with zero attached hydrogens (tertiary/aromatic N) is 1.